The maximum Gasteiger partial charge on any atom is 0.573 e. The lowest BCUT2D eigenvalue weighted by Gasteiger charge is -2.15. The highest BCUT2D eigenvalue weighted by atomic mass is 19.4. The monoisotopic (exact) mass is 395 g/mol. The Hall–Kier alpha value is -3.23. The van der Waals surface area contributed by atoms with Gasteiger partial charge in [-0.3, -0.25) is 4.99 Å². The zero-order valence-electron chi connectivity index (χ0n) is 15.3. The van der Waals surface area contributed by atoms with Crippen molar-refractivity contribution in [2.75, 3.05) is 14.2 Å². The first kappa shape index (κ1) is 21.1. The largest absolute Gasteiger partial charge is 0.573 e. The number of ether oxygens (including phenoxy) is 2. The van der Waals surface area contributed by atoms with Crippen molar-refractivity contribution < 1.29 is 27.4 Å². The number of rotatable bonds is 6. The van der Waals surface area contributed by atoms with Crippen molar-refractivity contribution in [3.63, 3.8) is 0 Å². The fourth-order valence-corrected chi connectivity index (χ4v) is 2.34. The van der Waals surface area contributed by atoms with Crippen LogP contribution in [0.3, 0.4) is 0 Å². The van der Waals surface area contributed by atoms with Gasteiger partial charge >= 0.3 is 12.3 Å². The molecule has 2 rings (SSSR count). The number of halogens is 3. The summed E-state index contributed by atoms with van der Waals surface area (Å²) in [4.78, 5) is 15.5. The van der Waals surface area contributed by atoms with Crippen LogP contribution in [0, 0.1) is 0 Å². The van der Waals surface area contributed by atoms with Gasteiger partial charge in [0.25, 0.3) is 0 Å². The third kappa shape index (κ3) is 6.49. The molecule has 28 heavy (non-hydrogen) atoms. The summed E-state index contributed by atoms with van der Waals surface area (Å²) in [6, 6.07) is 12.7. The van der Waals surface area contributed by atoms with Gasteiger partial charge in [-0.15, -0.1) is 13.2 Å². The fraction of sp³-hybridized carbons (Fsp3) is 0.263. The molecule has 6 nitrogen and oxygen atoms in total. The van der Waals surface area contributed by atoms with Gasteiger partial charge in [0.1, 0.15) is 5.75 Å². The third-order valence-corrected chi connectivity index (χ3v) is 3.70. The Balaban J connectivity index is 1.93. The van der Waals surface area contributed by atoms with Crippen LogP contribution in [0.15, 0.2) is 53.5 Å². The van der Waals surface area contributed by atoms with Crippen LogP contribution in [0.4, 0.5) is 13.2 Å². The smallest absolute Gasteiger partial charge is 0.465 e. The molecule has 0 unspecified atom stereocenters. The molecule has 0 aromatic heterocycles. The summed E-state index contributed by atoms with van der Waals surface area (Å²) in [7, 11) is 2.86. The molecule has 0 saturated heterocycles. The molecule has 2 aromatic carbocycles. The van der Waals surface area contributed by atoms with E-state index in [9.17, 15) is 18.0 Å². The lowest BCUT2D eigenvalue weighted by Crippen LogP contribution is -2.36. The van der Waals surface area contributed by atoms with Crippen molar-refractivity contribution in [3.8, 4) is 5.75 Å². The highest BCUT2D eigenvalue weighted by molar-refractivity contribution is 5.89. The standard InChI is InChI=1S/C19H20F3N3O3/c1-23-18(24-11-13-7-9-14(10-8-13)17(26)27-2)25-12-15-5-3-4-6-16(15)28-19(20,21)22/h3-10H,11-12H2,1-2H3,(H2,23,24,25). The van der Waals surface area contributed by atoms with Crippen LogP contribution in [-0.2, 0) is 17.8 Å². The van der Waals surface area contributed by atoms with Crippen LogP contribution >= 0.6 is 0 Å². The molecule has 0 spiro atoms. The highest BCUT2D eigenvalue weighted by Gasteiger charge is 2.31. The molecule has 0 heterocycles. The third-order valence-electron chi connectivity index (χ3n) is 3.70. The van der Waals surface area contributed by atoms with Gasteiger partial charge < -0.3 is 20.1 Å². The Bertz CT molecular complexity index is 821. The van der Waals surface area contributed by atoms with E-state index in [0.29, 0.717) is 23.6 Å². The molecular weight excluding hydrogens is 375 g/mol. The van der Waals surface area contributed by atoms with Gasteiger partial charge in [-0.25, -0.2) is 4.79 Å². The average molecular weight is 395 g/mol. The minimum absolute atomic E-state index is 0.0905. The van der Waals surface area contributed by atoms with Crippen molar-refractivity contribution in [1.82, 2.24) is 10.6 Å². The van der Waals surface area contributed by atoms with Crippen LogP contribution in [-0.4, -0.2) is 32.4 Å². The van der Waals surface area contributed by atoms with E-state index in [-0.39, 0.29) is 12.3 Å². The predicted molar refractivity (Wildman–Crippen MR) is 97.9 cm³/mol. The molecule has 9 heteroatoms. The second-order valence-electron chi connectivity index (χ2n) is 5.62. The number of esters is 1. The SMILES string of the molecule is CN=C(NCc1ccc(C(=O)OC)cc1)NCc1ccccc1OC(F)(F)F. The number of nitrogens with zero attached hydrogens (tertiary/aromatic N) is 1. The Morgan fingerprint density at radius 1 is 1.04 bits per heavy atom. The Kier molecular flexibility index (Phi) is 7.25. The molecule has 0 atom stereocenters. The average Bonchev–Trinajstić information content (AvgIpc) is 2.68. The molecule has 0 aliphatic heterocycles. The number of aliphatic imine (C=N–C) groups is 1. The molecular formula is C19H20F3N3O3. The second kappa shape index (κ2) is 9.63. The van der Waals surface area contributed by atoms with Gasteiger partial charge in [-0.1, -0.05) is 30.3 Å². The van der Waals surface area contributed by atoms with Crippen LogP contribution in [0.25, 0.3) is 0 Å². The van der Waals surface area contributed by atoms with Gasteiger partial charge in [0.05, 0.1) is 12.7 Å². The van der Waals surface area contributed by atoms with Crippen LogP contribution in [0.1, 0.15) is 21.5 Å². The number of guanidine groups is 1. The zero-order chi connectivity index (χ0) is 20.6. The summed E-state index contributed by atoms with van der Waals surface area (Å²) < 4.78 is 46.1. The number of carbonyl (C=O) groups excluding carboxylic acids is 1. The second-order valence-corrected chi connectivity index (χ2v) is 5.62. The number of hydrogen-bond acceptors (Lipinski definition) is 4. The van der Waals surface area contributed by atoms with Gasteiger partial charge in [0.2, 0.25) is 0 Å². The molecule has 0 radical (unpaired) electrons. The first-order valence-corrected chi connectivity index (χ1v) is 8.28. The molecule has 0 fully saturated rings. The minimum Gasteiger partial charge on any atom is -0.465 e. The molecule has 150 valence electrons. The molecule has 2 aromatic rings. The summed E-state index contributed by atoms with van der Waals surface area (Å²) in [6.07, 6.45) is -4.76. The van der Waals surface area contributed by atoms with Gasteiger partial charge in [-0.05, 0) is 23.8 Å². The van der Waals surface area contributed by atoms with E-state index in [1.165, 1.54) is 25.3 Å². The number of methoxy groups -OCH3 is 1. The van der Waals surface area contributed by atoms with Crippen LogP contribution < -0.4 is 15.4 Å². The molecule has 0 aliphatic rings. The summed E-state index contributed by atoms with van der Waals surface area (Å²) in [6.45, 7) is 0.495. The molecule has 0 amide bonds. The van der Waals surface area contributed by atoms with Crippen molar-refractivity contribution in [2.24, 2.45) is 4.99 Å². The van der Waals surface area contributed by atoms with E-state index in [1.54, 1.807) is 37.4 Å². The Labute approximate surface area is 160 Å². The number of hydrogen-bond donors (Lipinski definition) is 2. The van der Waals surface area contributed by atoms with E-state index in [1.807, 2.05) is 0 Å². The topological polar surface area (TPSA) is 72.0 Å². The molecule has 0 saturated carbocycles. The first-order chi connectivity index (χ1) is 13.3. The Morgan fingerprint density at radius 2 is 1.68 bits per heavy atom. The Morgan fingerprint density at radius 3 is 2.29 bits per heavy atom. The molecule has 0 bridgehead atoms. The number of nitrogens with one attached hydrogen (secondary N) is 2. The van der Waals surface area contributed by atoms with Gasteiger partial charge in [-0.2, -0.15) is 0 Å². The van der Waals surface area contributed by atoms with Crippen molar-refractivity contribution in [1.29, 1.82) is 0 Å². The number of benzene rings is 2. The first-order valence-electron chi connectivity index (χ1n) is 8.28. The van der Waals surface area contributed by atoms with E-state index >= 15 is 0 Å². The highest BCUT2D eigenvalue weighted by Crippen LogP contribution is 2.26. The van der Waals surface area contributed by atoms with E-state index in [2.05, 4.69) is 25.1 Å². The minimum atomic E-state index is -4.76. The molecule has 2 N–H and O–H groups in total. The number of carbonyl (C=O) groups is 1. The quantitative estimate of drug-likeness (QED) is 0.446. The van der Waals surface area contributed by atoms with Gasteiger partial charge in [0, 0.05) is 25.7 Å². The summed E-state index contributed by atoms with van der Waals surface area (Å²) in [5.74, 6) is -0.285. The fourth-order valence-electron chi connectivity index (χ4n) is 2.34. The van der Waals surface area contributed by atoms with Crippen molar-refractivity contribution in [3.05, 3.63) is 65.2 Å². The normalized spacial score (nSPS) is 11.7. The van der Waals surface area contributed by atoms with Gasteiger partial charge in [0.15, 0.2) is 5.96 Å². The number of para-hydroxylation sites is 1. The summed E-state index contributed by atoms with van der Waals surface area (Å²) in [5, 5.41) is 5.98. The summed E-state index contributed by atoms with van der Waals surface area (Å²) in [5.41, 5.74) is 1.66. The lowest BCUT2D eigenvalue weighted by atomic mass is 10.1. The van der Waals surface area contributed by atoms with E-state index in [4.69, 9.17) is 0 Å². The zero-order valence-corrected chi connectivity index (χ0v) is 15.3. The predicted octanol–water partition coefficient (Wildman–Crippen LogP) is 3.24. The maximum absolute atomic E-state index is 12.5. The number of alkyl halides is 3. The van der Waals surface area contributed by atoms with E-state index < -0.39 is 12.3 Å². The van der Waals surface area contributed by atoms with Crippen molar-refractivity contribution >= 4 is 11.9 Å². The van der Waals surface area contributed by atoms with E-state index in [0.717, 1.165) is 5.56 Å². The molecule has 0 aliphatic carbocycles. The lowest BCUT2D eigenvalue weighted by molar-refractivity contribution is -0.274. The maximum atomic E-state index is 12.5. The van der Waals surface area contributed by atoms with Crippen LogP contribution in [0.2, 0.25) is 0 Å². The van der Waals surface area contributed by atoms with Crippen LogP contribution in [0.5, 0.6) is 5.75 Å². The summed E-state index contributed by atoms with van der Waals surface area (Å²) >= 11 is 0. The van der Waals surface area contributed by atoms with Crippen molar-refractivity contribution in [2.45, 2.75) is 19.5 Å².